The predicted molar refractivity (Wildman–Crippen MR) is 329 cm³/mol. The Morgan fingerprint density at radius 3 is 1.36 bits per heavy atom. The lowest BCUT2D eigenvalue weighted by atomic mass is 9.53. The Bertz CT molecular complexity index is 3170. The van der Waals surface area contributed by atoms with Gasteiger partial charge >= 0.3 is 0 Å². The molecule has 7 nitrogen and oxygen atoms in total. The normalized spacial score (nSPS) is 42.4. The molecule has 4 aromatic carbocycles. The summed E-state index contributed by atoms with van der Waals surface area (Å²) in [5, 5.41) is 60.4. The number of hydrogen-bond donors (Lipinski definition) is 6. The van der Waals surface area contributed by atoms with Gasteiger partial charge in [-0.2, -0.15) is 0 Å². The minimum atomic E-state index is -0.919. The van der Waals surface area contributed by atoms with Crippen molar-refractivity contribution < 1.29 is 35.4 Å². The number of benzene rings is 4. The number of hydrogen-bond acceptors (Lipinski definition) is 7. The second-order valence-corrected chi connectivity index (χ2v) is 30.8. The Balaban J connectivity index is 0.000000104. The largest absolute Gasteiger partial charge is 0.508 e. The molecular weight excluding hydrogens is 1020 g/mol. The molecule has 12 aliphatic carbocycles. The number of aryl methyl sites for hydroxylation is 4. The van der Waals surface area contributed by atoms with E-state index < -0.39 is 5.60 Å². The van der Waals surface area contributed by atoms with Crippen LogP contribution < -0.4 is 0 Å². The Hall–Kier alpha value is -4.77. The van der Waals surface area contributed by atoms with Gasteiger partial charge in [-0.15, -0.1) is 6.42 Å². The second-order valence-electron chi connectivity index (χ2n) is 30.8. The maximum atomic E-state index is 12.3. The average molecular weight is 1120 g/mol. The third kappa shape index (κ3) is 9.26. The van der Waals surface area contributed by atoms with Crippen LogP contribution in [0, 0.1) is 93.2 Å². The number of aliphatic hydroxyl groups is 2. The lowest BCUT2D eigenvalue weighted by molar-refractivity contribution is -0.129. The summed E-state index contributed by atoms with van der Waals surface area (Å²) in [4.78, 5) is 12.3. The van der Waals surface area contributed by atoms with Crippen molar-refractivity contribution in [1.82, 2.24) is 0 Å². The summed E-state index contributed by atoms with van der Waals surface area (Å²) in [5.74, 6) is 14.4. The van der Waals surface area contributed by atoms with E-state index >= 15 is 0 Å². The fourth-order valence-corrected chi connectivity index (χ4v) is 22.9. The Labute approximate surface area is 496 Å². The molecule has 0 heterocycles. The first-order valence-corrected chi connectivity index (χ1v) is 33.4. The molecule has 0 saturated heterocycles. The Morgan fingerprint density at radius 2 is 0.880 bits per heavy atom. The van der Waals surface area contributed by atoms with Crippen LogP contribution in [0.3, 0.4) is 0 Å². The maximum Gasteiger partial charge on any atom is 0.139 e. The highest BCUT2D eigenvalue weighted by molar-refractivity contribution is 5.87. The van der Waals surface area contributed by atoms with Gasteiger partial charge in [-0.05, 0) is 328 Å². The maximum absolute atomic E-state index is 12.3. The van der Waals surface area contributed by atoms with Crippen molar-refractivity contribution in [1.29, 1.82) is 0 Å². The average Bonchev–Trinajstić information content (AvgIpc) is 2.55. The van der Waals surface area contributed by atoms with E-state index in [0.717, 1.165) is 113 Å². The molecule has 12 aliphatic rings. The van der Waals surface area contributed by atoms with Crippen LogP contribution in [0.5, 0.6) is 23.0 Å². The molecule has 0 radical (unpaired) electrons. The number of aromatic hydroxyl groups is 4. The summed E-state index contributed by atoms with van der Waals surface area (Å²) >= 11 is 0. The van der Waals surface area contributed by atoms with Crippen LogP contribution in [0.25, 0.3) is 0 Å². The van der Waals surface area contributed by atoms with Gasteiger partial charge in [-0.3, -0.25) is 4.79 Å². The first-order valence-electron chi connectivity index (χ1n) is 33.4. The first-order chi connectivity index (χ1) is 39.7. The van der Waals surface area contributed by atoms with Gasteiger partial charge in [0.15, 0.2) is 0 Å². The number of carbonyl (C=O) groups is 1. The molecule has 0 aromatic heterocycles. The van der Waals surface area contributed by atoms with E-state index in [2.05, 4.69) is 71.7 Å². The van der Waals surface area contributed by atoms with Crippen molar-refractivity contribution in [3.63, 3.8) is 0 Å². The minimum absolute atomic E-state index is 0.0322. The van der Waals surface area contributed by atoms with Crippen LogP contribution in [0.1, 0.15) is 232 Å². The third-order valence-corrected chi connectivity index (χ3v) is 27.7. The number of ketones is 1. The summed E-state index contributed by atoms with van der Waals surface area (Å²) in [6, 6.07) is 23.9. The molecule has 4 aromatic rings. The van der Waals surface area contributed by atoms with Crippen molar-refractivity contribution in [3.8, 4) is 35.3 Å². The van der Waals surface area contributed by atoms with Gasteiger partial charge in [-0.1, -0.05) is 71.7 Å². The van der Waals surface area contributed by atoms with Crippen molar-refractivity contribution >= 4 is 5.78 Å². The predicted octanol–water partition coefficient (Wildman–Crippen LogP) is 16.2. The highest BCUT2D eigenvalue weighted by Gasteiger charge is 2.62. The van der Waals surface area contributed by atoms with Gasteiger partial charge in [0, 0.05) is 17.3 Å². The molecule has 8 fully saturated rings. The standard InChI is InChI=1S/C20H24O2.C19H26O2.C19H26O.C18H22O2/c1-3-20(22)11-9-18-17-6-4-13-12-14(21)5-7-15(13)16(17)8-10-19(18,20)2;1-11-9-17-16-5-3-12-10-13(20)4-6-14(12)15(16)7-8-19(17,2)18(11)21;1-12-3-8-18-17-6-4-13-11-14(20)5-7-15(13)16(17)9-10-19(12,18)2;1-18-9-8-14-13-5-3-12(19)10-11(13)2-4-15(14)16(18)6-7-17(18)20/h1,5,7,12,16-18,21-22H,4,6,8-11H2,2H3;4,6,10-11,15-18,20-21H,3,5,7-9H2,1-2H3;5,7,11-12,16-18,20H,3-4,6,8-10H2,1-2H3;3,5,10,14-16,19H,2,4,6-9H2,1H3/t16-,17?,18+,19+,20+;11-,15-,16?,17+,18+,19+;12-,16+,17?,18-,19+;14-,15?,16+,18+/m1101/s1. The molecule has 0 bridgehead atoms. The van der Waals surface area contributed by atoms with Gasteiger partial charge in [0.1, 0.15) is 34.4 Å². The van der Waals surface area contributed by atoms with Crippen LogP contribution in [0.4, 0.5) is 0 Å². The monoisotopic (exact) mass is 1120 g/mol. The Morgan fingerprint density at radius 1 is 0.458 bits per heavy atom. The van der Waals surface area contributed by atoms with Gasteiger partial charge in [0.25, 0.3) is 0 Å². The van der Waals surface area contributed by atoms with E-state index in [4.69, 9.17) is 6.42 Å². The van der Waals surface area contributed by atoms with Crippen LogP contribution in [-0.4, -0.2) is 48.1 Å². The van der Waals surface area contributed by atoms with Gasteiger partial charge < -0.3 is 30.6 Å². The molecular formula is C76H98O7. The molecule has 444 valence electrons. The molecule has 20 atom stereocenters. The van der Waals surface area contributed by atoms with Crippen molar-refractivity contribution in [2.45, 2.75) is 225 Å². The van der Waals surface area contributed by atoms with E-state index in [9.17, 15) is 35.4 Å². The van der Waals surface area contributed by atoms with E-state index in [1.165, 1.54) is 103 Å². The molecule has 0 spiro atoms. The molecule has 7 heteroatoms. The summed E-state index contributed by atoms with van der Waals surface area (Å²) in [6.07, 6.45) is 32.0. The minimum Gasteiger partial charge on any atom is -0.508 e. The zero-order chi connectivity index (χ0) is 58.1. The summed E-state index contributed by atoms with van der Waals surface area (Å²) in [7, 11) is 0. The number of rotatable bonds is 0. The number of terminal acetylenes is 1. The molecule has 4 unspecified atom stereocenters. The van der Waals surface area contributed by atoms with Crippen molar-refractivity contribution in [3.05, 3.63) is 117 Å². The molecule has 6 N–H and O–H groups in total. The SMILES string of the molecule is C#C[C@]1(O)CC[C@H]2C3CCc4cc(O)ccc4[C@H]3CC[C@@]21C.C[C@@H]1C[C@H]2C3CCc4cc(O)ccc4[C@H]3CC[C@]2(C)[C@H]1O.C[C@H]1CC[C@H]2C3CCc4cc(O)ccc4[C@H]3CC[C@]12C.C[C@]12CC[C@@H]3c4ccc(O)cc4CCC3[C@@H]1CCC2=O. The lowest BCUT2D eigenvalue weighted by Gasteiger charge is -2.52. The molecule has 0 amide bonds. The van der Waals surface area contributed by atoms with Gasteiger partial charge in [-0.25, -0.2) is 0 Å². The number of carbonyl (C=O) groups excluding carboxylic acids is 1. The second kappa shape index (κ2) is 21.3. The molecule has 8 saturated carbocycles. The quantitative estimate of drug-likeness (QED) is 0.0965. The number of fused-ring (bicyclic) bond motifs is 20. The van der Waals surface area contributed by atoms with Crippen LogP contribution in [0.2, 0.25) is 0 Å². The summed E-state index contributed by atoms with van der Waals surface area (Å²) in [5.41, 5.74) is 11.0. The summed E-state index contributed by atoms with van der Waals surface area (Å²) in [6.45, 7) is 14.0. The van der Waals surface area contributed by atoms with Crippen LogP contribution in [-0.2, 0) is 30.5 Å². The fraction of sp³-hybridized carbons (Fsp3) is 0.645. The van der Waals surface area contributed by atoms with Crippen LogP contribution in [0.15, 0.2) is 72.8 Å². The summed E-state index contributed by atoms with van der Waals surface area (Å²) < 4.78 is 0. The van der Waals surface area contributed by atoms with E-state index in [-0.39, 0.29) is 22.3 Å². The van der Waals surface area contributed by atoms with Crippen molar-refractivity contribution in [2.75, 3.05) is 0 Å². The molecule has 0 aliphatic heterocycles. The number of aliphatic hydroxyl groups excluding tert-OH is 1. The number of Topliss-reactive ketones (excluding diaryl/α,β-unsaturated/α-hetero) is 1. The zero-order valence-electron chi connectivity index (χ0n) is 51.0. The molecule has 16 rings (SSSR count). The first kappa shape index (κ1) is 57.3. The van der Waals surface area contributed by atoms with Gasteiger partial charge in [0.2, 0.25) is 0 Å². The molecule has 83 heavy (non-hydrogen) atoms. The Kier molecular flexibility index (Phi) is 14.7. The smallest absolute Gasteiger partial charge is 0.139 e. The van der Waals surface area contributed by atoms with E-state index in [1.807, 2.05) is 48.5 Å². The number of phenolic OH excluding ortho intramolecular Hbond substituents is 4. The number of phenols is 4. The van der Waals surface area contributed by atoms with Gasteiger partial charge in [0.05, 0.1) is 6.10 Å². The zero-order valence-corrected chi connectivity index (χ0v) is 51.0. The third-order valence-electron chi connectivity index (χ3n) is 27.7. The topological polar surface area (TPSA) is 138 Å². The fourth-order valence-electron chi connectivity index (χ4n) is 22.9. The lowest BCUT2D eigenvalue weighted by Crippen LogP contribution is -2.50. The van der Waals surface area contributed by atoms with E-state index in [0.29, 0.717) is 87.5 Å². The van der Waals surface area contributed by atoms with Crippen molar-refractivity contribution in [2.24, 2.45) is 80.8 Å². The highest BCUT2D eigenvalue weighted by Crippen LogP contribution is 2.67. The van der Waals surface area contributed by atoms with Crippen LogP contribution >= 0.6 is 0 Å². The van der Waals surface area contributed by atoms with E-state index in [1.54, 1.807) is 5.56 Å². The highest BCUT2D eigenvalue weighted by atomic mass is 16.3.